The van der Waals surface area contributed by atoms with Crippen LogP contribution in [0.2, 0.25) is 5.15 Å². The van der Waals surface area contributed by atoms with E-state index in [1.807, 2.05) is 0 Å². The van der Waals surface area contributed by atoms with Crippen molar-refractivity contribution in [2.45, 2.75) is 6.92 Å². The zero-order valence-corrected chi connectivity index (χ0v) is 16.9. The molecule has 10 nitrogen and oxygen atoms in total. The topological polar surface area (TPSA) is 141 Å². The first-order chi connectivity index (χ1) is 12.1. The van der Waals surface area contributed by atoms with Crippen molar-refractivity contribution in [3.05, 3.63) is 58.9 Å². The summed E-state index contributed by atoms with van der Waals surface area (Å²) < 4.78 is 1.05. The molecule has 0 aliphatic carbocycles. The summed E-state index contributed by atoms with van der Waals surface area (Å²) in [6.07, 6.45) is 2.82. The SMILES string of the molecule is CC(=O)CNc1ncc(Br)cc1[N+](=O)[O-].O=[N+]([O-])c1cc(Br)cnc1Cl. The molecule has 0 bridgehead atoms. The highest BCUT2D eigenvalue weighted by Crippen LogP contribution is 2.25. The summed E-state index contributed by atoms with van der Waals surface area (Å²) in [6.45, 7) is 1.41. The Bertz CT molecular complexity index is 852. The van der Waals surface area contributed by atoms with Crippen molar-refractivity contribution in [3.63, 3.8) is 0 Å². The number of nitrogens with zero attached hydrogens (tertiary/aromatic N) is 4. The molecule has 1 N–H and O–H groups in total. The molecule has 0 spiro atoms. The van der Waals surface area contributed by atoms with Crippen LogP contribution in [0.1, 0.15) is 6.92 Å². The first kappa shape index (κ1) is 21.9. The van der Waals surface area contributed by atoms with Crippen molar-refractivity contribution in [2.24, 2.45) is 0 Å². The average Bonchev–Trinajstić information content (AvgIpc) is 2.56. The normalized spacial score (nSPS) is 9.69. The van der Waals surface area contributed by atoms with E-state index in [4.69, 9.17) is 11.6 Å². The maximum atomic E-state index is 10.7. The van der Waals surface area contributed by atoms with Crippen LogP contribution in [0.25, 0.3) is 0 Å². The van der Waals surface area contributed by atoms with Crippen LogP contribution in [-0.4, -0.2) is 32.1 Å². The summed E-state index contributed by atoms with van der Waals surface area (Å²) in [5.74, 6) is -0.0209. The quantitative estimate of drug-likeness (QED) is 0.358. The predicted molar refractivity (Wildman–Crippen MR) is 101 cm³/mol. The number of hydrogen-bond acceptors (Lipinski definition) is 8. The molecule has 0 saturated carbocycles. The number of halogens is 3. The summed E-state index contributed by atoms with van der Waals surface area (Å²) in [4.78, 5) is 37.8. The standard InChI is InChI=1S/C8H8BrN3O3.C5H2BrClN2O2/c1-5(13)3-10-8-7(12(14)15)2-6(9)4-11-8;6-3-1-4(9(10)11)5(7)8-2-3/h2,4H,3H2,1H3,(H,10,11);1-2H. The third-order valence-electron chi connectivity index (χ3n) is 2.52. The van der Waals surface area contributed by atoms with Gasteiger partial charge in [0.2, 0.25) is 11.0 Å². The van der Waals surface area contributed by atoms with Gasteiger partial charge in [-0.05, 0) is 38.8 Å². The minimum absolute atomic E-state index is 0.0233. The van der Waals surface area contributed by atoms with Gasteiger partial charge in [-0.1, -0.05) is 11.6 Å². The van der Waals surface area contributed by atoms with Crippen LogP contribution in [0, 0.1) is 20.2 Å². The zero-order valence-electron chi connectivity index (χ0n) is 13.0. The molecule has 2 rings (SSSR count). The van der Waals surface area contributed by atoms with Gasteiger partial charge in [-0.15, -0.1) is 0 Å². The molecule has 0 fully saturated rings. The maximum Gasteiger partial charge on any atom is 0.312 e. The smallest absolute Gasteiger partial charge is 0.312 e. The van der Waals surface area contributed by atoms with Crippen LogP contribution in [0.4, 0.5) is 17.2 Å². The minimum Gasteiger partial charge on any atom is -0.357 e. The summed E-state index contributed by atoms with van der Waals surface area (Å²) in [6, 6.07) is 2.63. The Hall–Kier alpha value is -2.18. The fourth-order valence-electron chi connectivity index (χ4n) is 1.45. The van der Waals surface area contributed by atoms with Crippen LogP contribution in [0.15, 0.2) is 33.5 Å². The Balaban J connectivity index is 0.000000273. The van der Waals surface area contributed by atoms with E-state index in [2.05, 4.69) is 47.1 Å². The number of aromatic nitrogens is 2. The van der Waals surface area contributed by atoms with Crippen LogP contribution in [-0.2, 0) is 4.79 Å². The molecule has 0 atom stereocenters. The molecule has 138 valence electrons. The number of Topliss-reactive ketones (excluding diaryl/α,β-unsaturated/α-hetero) is 1. The van der Waals surface area contributed by atoms with Gasteiger partial charge >= 0.3 is 11.4 Å². The fraction of sp³-hybridized carbons (Fsp3) is 0.154. The molecular formula is C13H10Br2ClN5O5. The van der Waals surface area contributed by atoms with Gasteiger partial charge in [-0.25, -0.2) is 9.97 Å². The molecule has 2 heterocycles. The first-order valence-corrected chi connectivity index (χ1v) is 8.57. The monoisotopic (exact) mass is 509 g/mol. The van der Waals surface area contributed by atoms with Gasteiger partial charge in [-0.2, -0.15) is 0 Å². The number of nitrogens with one attached hydrogen (secondary N) is 1. The largest absolute Gasteiger partial charge is 0.357 e. The number of nitro groups is 2. The highest BCUT2D eigenvalue weighted by Gasteiger charge is 2.15. The Morgan fingerprint density at radius 3 is 2.08 bits per heavy atom. The summed E-state index contributed by atoms with van der Waals surface area (Å²) in [7, 11) is 0. The van der Waals surface area contributed by atoms with E-state index in [0.717, 1.165) is 0 Å². The van der Waals surface area contributed by atoms with Crippen molar-refractivity contribution in [2.75, 3.05) is 11.9 Å². The van der Waals surface area contributed by atoms with E-state index in [9.17, 15) is 25.0 Å². The fourth-order valence-corrected chi connectivity index (χ4v) is 2.26. The van der Waals surface area contributed by atoms with E-state index < -0.39 is 9.85 Å². The van der Waals surface area contributed by atoms with Crippen molar-refractivity contribution in [1.29, 1.82) is 0 Å². The van der Waals surface area contributed by atoms with Crippen LogP contribution >= 0.6 is 43.5 Å². The van der Waals surface area contributed by atoms with Crippen LogP contribution in [0.5, 0.6) is 0 Å². The van der Waals surface area contributed by atoms with Gasteiger partial charge in [0.1, 0.15) is 5.78 Å². The number of pyridine rings is 2. The number of anilines is 1. The highest BCUT2D eigenvalue weighted by molar-refractivity contribution is 9.10. The van der Waals surface area contributed by atoms with E-state index in [0.29, 0.717) is 8.95 Å². The number of rotatable bonds is 5. The van der Waals surface area contributed by atoms with Gasteiger partial charge in [-0.3, -0.25) is 25.0 Å². The second-order valence-electron chi connectivity index (χ2n) is 4.55. The second-order valence-corrected chi connectivity index (χ2v) is 6.74. The molecule has 0 aromatic carbocycles. The number of carbonyl (C=O) groups excluding carboxylic acids is 1. The van der Waals surface area contributed by atoms with E-state index in [1.54, 1.807) is 0 Å². The van der Waals surface area contributed by atoms with Crippen molar-refractivity contribution >= 4 is 66.4 Å². The van der Waals surface area contributed by atoms with E-state index in [-0.39, 0.29) is 34.7 Å². The molecule has 0 aliphatic heterocycles. The van der Waals surface area contributed by atoms with E-state index in [1.165, 1.54) is 31.5 Å². The molecule has 2 aromatic rings. The minimum atomic E-state index is -0.583. The van der Waals surface area contributed by atoms with Gasteiger partial charge in [0.25, 0.3) is 0 Å². The molecule has 0 amide bonds. The van der Waals surface area contributed by atoms with E-state index >= 15 is 0 Å². The van der Waals surface area contributed by atoms with Gasteiger partial charge in [0, 0.05) is 33.5 Å². The lowest BCUT2D eigenvalue weighted by molar-refractivity contribution is -0.385. The number of carbonyl (C=O) groups is 1. The molecule has 13 heteroatoms. The van der Waals surface area contributed by atoms with Crippen LogP contribution < -0.4 is 5.32 Å². The molecule has 2 aromatic heterocycles. The van der Waals surface area contributed by atoms with Gasteiger partial charge < -0.3 is 5.32 Å². The van der Waals surface area contributed by atoms with Crippen molar-refractivity contribution in [1.82, 2.24) is 9.97 Å². The van der Waals surface area contributed by atoms with Gasteiger partial charge in [0.15, 0.2) is 0 Å². The number of ketones is 1. The molecule has 0 aliphatic rings. The van der Waals surface area contributed by atoms with Crippen molar-refractivity contribution < 1.29 is 14.6 Å². The molecule has 0 saturated heterocycles. The second kappa shape index (κ2) is 10.1. The maximum absolute atomic E-state index is 10.7. The van der Waals surface area contributed by atoms with Crippen molar-refractivity contribution in [3.8, 4) is 0 Å². The third-order valence-corrected chi connectivity index (χ3v) is 3.68. The zero-order chi connectivity index (χ0) is 19.9. The first-order valence-electron chi connectivity index (χ1n) is 6.60. The summed E-state index contributed by atoms with van der Waals surface area (Å²) in [5, 5.41) is 23.4. The Kier molecular flexibility index (Phi) is 8.48. The number of hydrogen-bond donors (Lipinski definition) is 1. The molecule has 0 unspecified atom stereocenters. The summed E-state index contributed by atoms with van der Waals surface area (Å²) in [5.41, 5.74) is -0.355. The lowest BCUT2D eigenvalue weighted by atomic mass is 10.3. The molecule has 0 radical (unpaired) electrons. The Labute approximate surface area is 168 Å². The predicted octanol–water partition coefficient (Wildman–Crippen LogP) is 4.16. The molecular weight excluding hydrogens is 501 g/mol. The lowest BCUT2D eigenvalue weighted by Crippen LogP contribution is -2.12. The van der Waals surface area contributed by atoms with Crippen LogP contribution in [0.3, 0.4) is 0 Å². The molecule has 26 heavy (non-hydrogen) atoms. The summed E-state index contributed by atoms with van der Waals surface area (Å²) >= 11 is 11.5. The average molecular weight is 512 g/mol. The van der Waals surface area contributed by atoms with Gasteiger partial charge in [0.05, 0.1) is 16.4 Å². The Morgan fingerprint density at radius 1 is 1.12 bits per heavy atom. The third kappa shape index (κ3) is 6.98. The Morgan fingerprint density at radius 2 is 1.62 bits per heavy atom. The highest BCUT2D eigenvalue weighted by atomic mass is 79.9. The lowest BCUT2D eigenvalue weighted by Gasteiger charge is -2.03.